The van der Waals surface area contributed by atoms with Crippen LogP contribution in [0.25, 0.3) is 11.3 Å². The van der Waals surface area contributed by atoms with Gasteiger partial charge < -0.3 is 4.90 Å². The molecule has 0 saturated carbocycles. The van der Waals surface area contributed by atoms with Gasteiger partial charge in [0.05, 0.1) is 10.6 Å². The summed E-state index contributed by atoms with van der Waals surface area (Å²) in [7, 11) is -3.70. The van der Waals surface area contributed by atoms with Crippen LogP contribution in [0.3, 0.4) is 0 Å². The van der Waals surface area contributed by atoms with E-state index in [9.17, 15) is 8.42 Å². The van der Waals surface area contributed by atoms with Crippen LogP contribution < -0.4 is 9.62 Å². The summed E-state index contributed by atoms with van der Waals surface area (Å²) in [6.45, 7) is 2.05. The molecular weight excluding hydrogens is 396 g/mol. The minimum atomic E-state index is -3.70. The van der Waals surface area contributed by atoms with Crippen molar-refractivity contribution in [3.8, 4) is 11.3 Å². The van der Waals surface area contributed by atoms with E-state index >= 15 is 0 Å². The Morgan fingerprint density at radius 3 is 2.32 bits per heavy atom. The molecule has 1 fully saturated rings. The predicted octanol–water partition coefficient (Wildman–Crippen LogP) is 4.20. The van der Waals surface area contributed by atoms with E-state index in [4.69, 9.17) is 11.6 Å². The number of anilines is 2. The molecule has 2 aromatic carbocycles. The standard InChI is InChI=1S/C20H19ClN4O2S/c21-16-4-3-5-18(14-16)28(26,27)24-17-8-6-15(7-9-17)19-10-11-20(23-22-19)25-12-1-2-13-25/h3-11,14,24H,1-2,12-13H2. The van der Waals surface area contributed by atoms with Crippen molar-refractivity contribution in [1.29, 1.82) is 0 Å². The van der Waals surface area contributed by atoms with Crippen molar-refractivity contribution in [2.45, 2.75) is 17.7 Å². The first kappa shape index (κ1) is 18.7. The molecule has 0 amide bonds. The van der Waals surface area contributed by atoms with E-state index in [2.05, 4.69) is 19.8 Å². The molecule has 0 bridgehead atoms. The van der Waals surface area contributed by atoms with Crippen LogP contribution in [0.1, 0.15) is 12.8 Å². The van der Waals surface area contributed by atoms with Gasteiger partial charge in [-0.25, -0.2) is 8.42 Å². The SMILES string of the molecule is O=S(=O)(Nc1ccc(-c2ccc(N3CCCC3)nn2)cc1)c1cccc(Cl)c1. The quantitative estimate of drug-likeness (QED) is 0.677. The highest BCUT2D eigenvalue weighted by molar-refractivity contribution is 7.92. The molecule has 8 heteroatoms. The molecule has 0 spiro atoms. The second kappa shape index (κ2) is 7.77. The Kier molecular flexibility index (Phi) is 5.19. The average molecular weight is 415 g/mol. The van der Waals surface area contributed by atoms with Gasteiger partial charge in [-0.05, 0) is 55.3 Å². The zero-order chi connectivity index (χ0) is 19.6. The third kappa shape index (κ3) is 4.10. The lowest BCUT2D eigenvalue weighted by atomic mass is 10.1. The van der Waals surface area contributed by atoms with Crippen molar-refractivity contribution < 1.29 is 8.42 Å². The van der Waals surface area contributed by atoms with E-state index in [0.717, 1.165) is 30.2 Å². The number of benzene rings is 2. The highest BCUT2D eigenvalue weighted by Crippen LogP contribution is 2.24. The van der Waals surface area contributed by atoms with Gasteiger partial charge >= 0.3 is 0 Å². The van der Waals surface area contributed by atoms with Gasteiger partial charge in [0.1, 0.15) is 0 Å². The topological polar surface area (TPSA) is 75.2 Å². The third-order valence-electron chi connectivity index (χ3n) is 4.62. The summed E-state index contributed by atoms with van der Waals surface area (Å²) in [6, 6.07) is 17.1. The zero-order valence-corrected chi connectivity index (χ0v) is 16.6. The van der Waals surface area contributed by atoms with Crippen LogP contribution in [0.15, 0.2) is 65.6 Å². The van der Waals surface area contributed by atoms with Crippen molar-refractivity contribution in [1.82, 2.24) is 10.2 Å². The number of nitrogens with one attached hydrogen (secondary N) is 1. The van der Waals surface area contributed by atoms with E-state index in [0.29, 0.717) is 10.7 Å². The Bertz CT molecular complexity index is 1060. The smallest absolute Gasteiger partial charge is 0.261 e. The van der Waals surface area contributed by atoms with E-state index in [-0.39, 0.29) is 4.90 Å². The van der Waals surface area contributed by atoms with Gasteiger partial charge in [-0.1, -0.05) is 29.8 Å². The summed E-state index contributed by atoms with van der Waals surface area (Å²) in [6.07, 6.45) is 2.38. The third-order valence-corrected chi connectivity index (χ3v) is 6.23. The highest BCUT2D eigenvalue weighted by atomic mass is 35.5. The van der Waals surface area contributed by atoms with Crippen LogP contribution in [-0.4, -0.2) is 31.7 Å². The molecule has 0 radical (unpaired) electrons. The maximum atomic E-state index is 12.5. The first-order valence-electron chi connectivity index (χ1n) is 8.99. The van der Waals surface area contributed by atoms with Gasteiger partial charge in [0.15, 0.2) is 5.82 Å². The van der Waals surface area contributed by atoms with E-state index in [1.807, 2.05) is 24.3 Å². The molecule has 1 aromatic heterocycles. The number of halogens is 1. The fourth-order valence-electron chi connectivity index (χ4n) is 3.15. The van der Waals surface area contributed by atoms with Gasteiger partial charge in [0.25, 0.3) is 10.0 Å². The molecule has 0 unspecified atom stereocenters. The molecule has 28 heavy (non-hydrogen) atoms. The van der Waals surface area contributed by atoms with Crippen LogP contribution in [0, 0.1) is 0 Å². The predicted molar refractivity (Wildman–Crippen MR) is 111 cm³/mol. The van der Waals surface area contributed by atoms with Crippen molar-refractivity contribution >= 4 is 33.1 Å². The maximum absolute atomic E-state index is 12.5. The molecule has 4 rings (SSSR count). The van der Waals surface area contributed by atoms with E-state index in [1.165, 1.54) is 25.0 Å². The van der Waals surface area contributed by atoms with Crippen LogP contribution in [0.5, 0.6) is 0 Å². The van der Waals surface area contributed by atoms with E-state index < -0.39 is 10.0 Å². The number of hydrogen-bond donors (Lipinski definition) is 1. The molecule has 144 valence electrons. The molecule has 1 aliphatic heterocycles. The summed E-state index contributed by atoms with van der Waals surface area (Å²) in [4.78, 5) is 2.34. The van der Waals surface area contributed by atoms with Crippen LogP contribution in [-0.2, 0) is 10.0 Å². The molecule has 1 aliphatic rings. The molecule has 1 saturated heterocycles. The van der Waals surface area contributed by atoms with Crippen molar-refractivity contribution in [2.24, 2.45) is 0 Å². The highest BCUT2D eigenvalue weighted by Gasteiger charge is 2.15. The van der Waals surface area contributed by atoms with Crippen LogP contribution >= 0.6 is 11.6 Å². The second-order valence-corrected chi connectivity index (χ2v) is 8.73. The summed E-state index contributed by atoms with van der Waals surface area (Å²) < 4.78 is 27.5. The lowest BCUT2D eigenvalue weighted by molar-refractivity contribution is 0.601. The van der Waals surface area contributed by atoms with Crippen LogP contribution in [0.2, 0.25) is 5.02 Å². The molecule has 6 nitrogen and oxygen atoms in total. The molecular formula is C20H19ClN4O2S. The Labute approximate surface area is 169 Å². The Morgan fingerprint density at radius 2 is 1.68 bits per heavy atom. The molecule has 0 aliphatic carbocycles. The molecule has 3 aromatic rings. The lowest BCUT2D eigenvalue weighted by Crippen LogP contribution is -2.19. The van der Waals surface area contributed by atoms with Crippen molar-refractivity contribution in [2.75, 3.05) is 22.7 Å². The fourth-order valence-corrected chi connectivity index (χ4v) is 4.51. The maximum Gasteiger partial charge on any atom is 0.261 e. The van der Waals surface area contributed by atoms with Gasteiger partial charge in [-0.15, -0.1) is 10.2 Å². The first-order valence-corrected chi connectivity index (χ1v) is 10.8. The van der Waals surface area contributed by atoms with Crippen molar-refractivity contribution in [3.63, 3.8) is 0 Å². The van der Waals surface area contributed by atoms with Crippen LogP contribution in [0.4, 0.5) is 11.5 Å². The molecule has 2 heterocycles. The number of sulfonamides is 1. The fraction of sp³-hybridized carbons (Fsp3) is 0.200. The number of rotatable bonds is 5. The average Bonchev–Trinajstić information content (AvgIpc) is 3.23. The summed E-state index contributed by atoms with van der Waals surface area (Å²) in [5.74, 6) is 0.896. The normalized spacial score (nSPS) is 14.2. The minimum absolute atomic E-state index is 0.118. The summed E-state index contributed by atoms with van der Waals surface area (Å²) in [5.41, 5.74) is 2.07. The van der Waals surface area contributed by atoms with E-state index in [1.54, 1.807) is 24.3 Å². The number of nitrogens with zero attached hydrogens (tertiary/aromatic N) is 3. The molecule has 0 atom stereocenters. The number of hydrogen-bond acceptors (Lipinski definition) is 5. The monoisotopic (exact) mass is 414 g/mol. The van der Waals surface area contributed by atoms with Gasteiger partial charge in [0.2, 0.25) is 0 Å². The minimum Gasteiger partial charge on any atom is -0.355 e. The first-order chi connectivity index (χ1) is 13.5. The zero-order valence-electron chi connectivity index (χ0n) is 15.0. The summed E-state index contributed by atoms with van der Waals surface area (Å²) in [5, 5.41) is 9.00. The Morgan fingerprint density at radius 1 is 0.929 bits per heavy atom. The Hall–Kier alpha value is -2.64. The lowest BCUT2D eigenvalue weighted by Gasteiger charge is -2.15. The second-order valence-electron chi connectivity index (χ2n) is 6.61. The number of aromatic nitrogens is 2. The summed E-state index contributed by atoms with van der Waals surface area (Å²) >= 11 is 5.89. The van der Waals surface area contributed by atoms with Gasteiger partial charge in [-0.2, -0.15) is 0 Å². The van der Waals surface area contributed by atoms with Gasteiger partial charge in [0, 0.05) is 29.4 Å². The van der Waals surface area contributed by atoms with Crippen molar-refractivity contribution in [3.05, 3.63) is 65.7 Å². The largest absolute Gasteiger partial charge is 0.355 e. The van der Waals surface area contributed by atoms with Gasteiger partial charge in [-0.3, -0.25) is 4.72 Å². The molecule has 1 N–H and O–H groups in total. The Balaban J connectivity index is 1.49.